The molecule has 1 aliphatic rings. The largest absolute Gasteiger partial charge is 0.438 e. The van der Waals surface area contributed by atoms with Crippen LogP contribution in [0.3, 0.4) is 0 Å². The zero-order valence-corrected chi connectivity index (χ0v) is 11.4. The minimum absolute atomic E-state index is 0.0885. The number of pyridine rings is 1. The van der Waals surface area contributed by atoms with Gasteiger partial charge < -0.3 is 10.2 Å². The third-order valence-corrected chi connectivity index (χ3v) is 3.95. The lowest BCUT2D eigenvalue weighted by molar-refractivity contribution is 0.0972. The number of hydrogen-bond donors (Lipinski definition) is 1. The fourth-order valence-electron chi connectivity index (χ4n) is 2.90. The molecule has 0 fully saturated rings. The third kappa shape index (κ3) is 1.83. The summed E-state index contributed by atoms with van der Waals surface area (Å²) < 4.78 is 5.83. The van der Waals surface area contributed by atoms with Gasteiger partial charge in [-0.25, -0.2) is 4.98 Å². The topological polar surface area (TPSA) is 69.1 Å². The first kappa shape index (κ1) is 12.1. The van der Waals surface area contributed by atoms with Gasteiger partial charge in [-0.1, -0.05) is 30.3 Å². The maximum absolute atomic E-state index is 12.1. The number of furan rings is 1. The fraction of sp³-hybridized carbons (Fsp3) is 0.176. The summed E-state index contributed by atoms with van der Waals surface area (Å²) in [6.07, 6.45) is 2.16. The van der Waals surface area contributed by atoms with E-state index in [-0.39, 0.29) is 5.78 Å². The van der Waals surface area contributed by atoms with E-state index in [2.05, 4.69) is 4.98 Å². The van der Waals surface area contributed by atoms with Gasteiger partial charge in [-0.3, -0.25) is 4.79 Å². The van der Waals surface area contributed by atoms with Gasteiger partial charge in [0.2, 0.25) is 5.71 Å². The van der Waals surface area contributed by atoms with Crippen molar-refractivity contribution in [2.75, 3.05) is 5.73 Å². The molecule has 2 heterocycles. The van der Waals surface area contributed by atoms with Crippen molar-refractivity contribution in [2.24, 2.45) is 0 Å². The molecule has 1 aliphatic carbocycles. The molecule has 0 aliphatic heterocycles. The second kappa shape index (κ2) is 4.45. The lowest BCUT2D eigenvalue weighted by atomic mass is 9.92. The molecule has 0 saturated carbocycles. The molecule has 0 unspecified atom stereocenters. The van der Waals surface area contributed by atoms with Gasteiger partial charge in [0.1, 0.15) is 5.76 Å². The Hall–Kier alpha value is -2.62. The SMILES string of the molecule is Nc1c2c(nc3oc(-c4ccccc4)cc13)CCCC2=O. The van der Waals surface area contributed by atoms with Gasteiger partial charge in [0, 0.05) is 12.0 Å². The first-order chi connectivity index (χ1) is 10.2. The highest BCUT2D eigenvalue weighted by Crippen LogP contribution is 2.35. The number of ketones is 1. The van der Waals surface area contributed by atoms with Crippen molar-refractivity contribution in [1.82, 2.24) is 4.98 Å². The number of nitrogen functional groups attached to an aromatic ring is 1. The molecule has 2 N–H and O–H groups in total. The number of benzene rings is 1. The summed E-state index contributed by atoms with van der Waals surface area (Å²) in [4.78, 5) is 16.6. The van der Waals surface area contributed by atoms with Gasteiger partial charge in [0.15, 0.2) is 5.78 Å². The molecule has 4 rings (SSSR count). The van der Waals surface area contributed by atoms with Crippen LogP contribution in [0.25, 0.3) is 22.4 Å². The summed E-state index contributed by atoms with van der Waals surface area (Å²) >= 11 is 0. The minimum atomic E-state index is 0.0885. The number of nitrogens with zero attached hydrogens (tertiary/aromatic N) is 1. The number of anilines is 1. The standard InChI is InChI=1S/C17H14N2O2/c18-16-11-9-14(10-5-2-1-3-6-10)21-17(11)19-12-7-4-8-13(20)15(12)16/h1-3,5-6,9H,4,7-8H2,(H2,18,19). The van der Waals surface area contributed by atoms with Gasteiger partial charge in [-0.05, 0) is 18.9 Å². The van der Waals surface area contributed by atoms with E-state index in [1.807, 2.05) is 36.4 Å². The van der Waals surface area contributed by atoms with E-state index >= 15 is 0 Å². The van der Waals surface area contributed by atoms with Crippen molar-refractivity contribution >= 4 is 22.6 Å². The molecule has 4 heteroatoms. The summed E-state index contributed by atoms with van der Waals surface area (Å²) in [6, 6.07) is 11.7. The van der Waals surface area contributed by atoms with Crippen LogP contribution in [0.5, 0.6) is 0 Å². The van der Waals surface area contributed by atoms with Crippen molar-refractivity contribution in [3.63, 3.8) is 0 Å². The summed E-state index contributed by atoms with van der Waals surface area (Å²) in [7, 11) is 0. The summed E-state index contributed by atoms with van der Waals surface area (Å²) in [5.74, 6) is 0.810. The Morgan fingerprint density at radius 1 is 1.14 bits per heavy atom. The first-order valence-electron chi connectivity index (χ1n) is 7.04. The fourth-order valence-corrected chi connectivity index (χ4v) is 2.90. The van der Waals surface area contributed by atoms with Gasteiger partial charge in [0.25, 0.3) is 0 Å². The number of nitrogens with two attached hydrogens (primary N) is 1. The summed E-state index contributed by atoms with van der Waals surface area (Å²) in [5, 5.41) is 0.725. The van der Waals surface area contributed by atoms with Crippen molar-refractivity contribution in [3.05, 3.63) is 47.7 Å². The van der Waals surface area contributed by atoms with Crippen LogP contribution in [0, 0.1) is 0 Å². The monoisotopic (exact) mass is 278 g/mol. The first-order valence-corrected chi connectivity index (χ1v) is 7.04. The van der Waals surface area contributed by atoms with Gasteiger partial charge in [0.05, 0.1) is 22.3 Å². The third-order valence-electron chi connectivity index (χ3n) is 3.95. The smallest absolute Gasteiger partial charge is 0.229 e. The predicted octanol–water partition coefficient (Wildman–Crippen LogP) is 3.60. The molecule has 21 heavy (non-hydrogen) atoms. The molecule has 1 aromatic carbocycles. The second-order valence-corrected chi connectivity index (χ2v) is 5.32. The minimum Gasteiger partial charge on any atom is -0.438 e. The second-order valence-electron chi connectivity index (χ2n) is 5.32. The average molecular weight is 278 g/mol. The molecule has 0 radical (unpaired) electrons. The van der Waals surface area contributed by atoms with Crippen LogP contribution < -0.4 is 5.73 Å². The lowest BCUT2D eigenvalue weighted by Gasteiger charge is -2.15. The molecule has 3 aromatic rings. The Morgan fingerprint density at radius 2 is 1.95 bits per heavy atom. The van der Waals surface area contributed by atoms with E-state index in [9.17, 15) is 4.79 Å². The van der Waals surface area contributed by atoms with Crippen LogP contribution >= 0.6 is 0 Å². The number of hydrogen-bond acceptors (Lipinski definition) is 4. The molecule has 0 spiro atoms. The number of carbonyl (C=O) groups excluding carboxylic acids is 1. The molecule has 0 amide bonds. The van der Waals surface area contributed by atoms with Crippen LogP contribution in [0.15, 0.2) is 40.8 Å². The van der Waals surface area contributed by atoms with Crippen LogP contribution in [0.2, 0.25) is 0 Å². The molecular formula is C17H14N2O2. The van der Waals surface area contributed by atoms with Crippen LogP contribution in [0.4, 0.5) is 5.69 Å². The van der Waals surface area contributed by atoms with E-state index in [0.29, 0.717) is 23.4 Å². The number of fused-ring (bicyclic) bond motifs is 2. The number of aryl methyl sites for hydroxylation is 1. The van der Waals surface area contributed by atoms with Crippen molar-refractivity contribution in [1.29, 1.82) is 0 Å². The Bertz CT molecular complexity index is 850. The number of aromatic nitrogens is 1. The van der Waals surface area contributed by atoms with Crippen molar-refractivity contribution in [3.8, 4) is 11.3 Å². The number of Topliss-reactive ketones (excluding diaryl/α,β-unsaturated/α-hetero) is 1. The van der Waals surface area contributed by atoms with E-state index in [0.717, 1.165) is 35.2 Å². The van der Waals surface area contributed by atoms with Crippen LogP contribution in [-0.4, -0.2) is 10.8 Å². The van der Waals surface area contributed by atoms with E-state index in [1.165, 1.54) is 0 Å². The van der Waals surface area contributed by atoms with E-state index in [1.54, 1.807) is 0 Å². The maximum Gasteiger partial charge on any atom is 0.229 e. The quantitative estimate of drug-likeness (QED) is 0.738. The Morgan fingerprint density at radius 3 is 2.76 bits per heavy atom. The van der Waals surface area contributed by atoms with Gasteiger partial charge in [-0.15, -0.1) is 0 Å². The maximum atomic E-state index is 12.1. The normalized spacial score (nSPS) is 14.4. The average Bonchev–Trinajstić information content (AvgIpc) is 2.93. The number of carbonyl (C=O) groups is 1. The van der Waals surface area contributed by atoms with Gasteiger partial charge in [-0.2, -0.15) is 0 Å². The number of rotatable bonds is 1. The molecule has 0 bridgehead atoms. The zero-order valence-electron chi connectivity index (χ0n) is 11.4. The molecule has 104 valence electrons. The Balaban J connectivity index is 1.96. The molecular weight excluding hydrogens is 264 g/mol. The summed E-state index contributed by atoms with van der Waals surface area (Å²) in [6.45, 7) is 0. The van der Waals surface area contributed by atoms with E-state index < -0.39 is 0 Å². The van der Waals surface area contributed by atoms with Crippen molar-refractivity contribution in [2.45, 2.75) is 19.3 Å². The lowest BCUT2D eigenvalue weighted by Crippen LogP contribution is -2.15. The zero-order chi connectivity index (χ0) is 14.4. The molecule has 4 nitrogen and oxygen atoms in total. The van der Waals surface area contributed by atoms with Crippen molar-refractivity contribution < 1.29 is 9.21 Å². The van der Waals surface area contributed by atoms with Gasteiger partial charge >= 0.3 is 0 Å². The molecule has 2 aromatic heterocycles. The highest BCUT2D eigenvalue weighted by molar-refractivity contribution is 6.08. The Labute approximate surface area is 121 Å². The molecule has 0 saturated heterocycles. The highest BCUT2D eigenvalue weighted by Gasteiger charge is 2.24. The highest BCUT2D eigenvalue weighted by atomic mass is 16.3. The van der Waals surface area contributed by atoms with Crippen LogP contribution in [-0.2, 0) is 6.42 Å². The summed E-state index contributed by atoms with van der Waals surface area (Å²) in [5.41, 5.74) is 9.55. The molecule has 0 atom stereocenters. The Kier molecular flexibility index (Phi) is 2.57. The predicted molar refractivity (Wildman–Crippen MR) is 81.1 cm³/mol. The van der Waals surface area contributed by atoms with Crippen LogP contribution in [0.1, 0.15) is 28.9 Å². The van der Waals surface area contributed by atoms with E-state index in [4.69, 9.17) is 10.2 Å².